The highest BCUT2D eigenvalue weighted by molar-refractivity contribution is 6.31. The van der Waals surface area contributed by atoms with E-state index in [1.165, 1.54) is 0 Å². The lowest BCUT2D eigenvalue weighted by Gasteiger charge is -2.25. The van der Waals surface area contributed by atoms with Gasteiger partial charge in [-0.05, 0) is 17.5 Å². The Bertz CT molecular complexity index is 801. The van der Waals surface area contributed by atoms with Crippen molar-refractivity contribution in [2.45, 2.75) is 25.7 Å². The summed E-state index contributed by atoms with van der Waals surface area (Å²) in [6.45, 7) is 4.09. The SMILES string of the molecule is CC(C)c1[nH]nc2c1C(c1ccccc1Cl)C(C#N)=C(N)O2. The molecule has 1 unspecified atom stereocenters. The molecule has 2 aromatic rings. The fourth-order valence-electron chi connectivity index (χ4n) is 2.73. The predicted octanol–water partition coefficient (Wildman–Crippen LogP) is 3.40. The van der Waals surface area contributed by atoms with Gasteiger partial charge in [0, 0.05) is 10.7 Å². The second-order valence-corrected chi connectivity index (χ2v) is 5.86. The van der Waals surface area contributed by atoms with Gasteiger partial charge in [0.1, 0.15) is 11.6 Å². The summed E-state index contributed by atoms with van der Waals surface area (Å²) in [5.74, 6) is 0.301. The van der Waals surface area contributed by atoms with Gasteiger partial charge in [-0.3, -0.25) is 5.10 Å². The van der Waals surface area contributed by atoms with Gasteiger partial charge < -0.3 is 10.5 Å². The summed E-state index contributed by atoms with van der Waals surface area (Å²) in [6.07, 6.45) is 0. The summed E-state index contributed by atoms with van der Waals surface area (Å²) in [4.78, 5) is 0. The largest absolute Gasteiger partial charge is 0.420 e. The molecule has 0 bridgehead atoms. The number of nitrogens with one attached hydrogen (secondary N) is 1. The predicted molar refractivity (Wildman–Crippen MR) is 83.4 cm³/mol. The van der Waals surface area contributed by atoms with Crippen molar-refractivity contribution in [3.05, 3.63) is 57.6 Å². The van der Waals surface area contributed by atoms with E-state index in [4.69, 9.17) is 22.1 Å². The van der Waals surface area contributed by atoms with Crippen LogP contribution < -0.4 is 10.5 Å². The maximum atomic E-state index is 9.54. The molecule has 22 heavy (non-hydrogen) atoms. The van der Waals surface area contributed by atoms with Gasteiger partial charge >= 0.3 is 0 Å². The van der Waals surface area contributed by atoms with Gasteiger partial charge in [-0.25, -0.2) is 0 Å². The summed E-state index contributed by atoms with van der Waals surface area (Å²) in [7, 11) is 0. The number of H-pyrrole nitrogens is 1. The normalized spacial score (nSPS) is 17.1. The van der Waals surface area contributed by atoms with Crippen molar-refractivity contribution >= 4 is 11.6 Å². The molecule has 0 saturated carbocycles. The van der Waals surface area contributed by atoms with Gasteiger partial charge in [0.25, 0.3) is 0 Å². The lowest BCUT2D eigenvalue weighted by molar-refractivity contribution is 0.378. The molecule has 1 aromatic heterocycles. The average Bonchev–Trinajstić information content (AvgIpc) is 2.90. The Morgan fingerprint density at radius 3 is 2.77 bits per heavy atom. The maximum absolute atomic E-state index is 9.54. The highest BCUT2D eigenvalue weighted by atomic mass is 35.5. The minimum atomic E-state index is -0.376. The zero-order valence-electron chi connectivity index (χ0n) is 12.2. The average molecular weight is 315 g/mol. The molecule has 0 fully saturated rings. The van der Waals surface area contributed by atoms with E-state index in [1.54, 1.807) is 6.07 Å². The molecule has 6 heteroatoms. The Labute approximate surface area is 133 Å². The van der Waals surface area contributed by atoms with E-state index in [9.17, 15) is 5.26 Å². The monoisotopic (exact) mass is 314 g/mol. The molecule has 1 aliphatic heterocycles. The zero-order valence-corrected chi connectivity index (χ0v) is 13.0. The molecule has 0 spiro atoms. The molecule has 0 radical (unpaired) electrons. The van der Waals surface area contributed by atoms with Crippen LogP contribution in [0.25, 0.3) is 0 Å². The lowest BCUT2D eigenvalue weighted by Crippen LogP contribution is -2.21. The Morgan fingerprint density at radius 2 is 2.14 bits per heavy atom. The third kappa shape index (κ3) is 2.13. The van der Waals surface area contributed by atoms with Gasteiger partial charge in [0.2, 0.25) is 11.8 Å². The quantitative estimate of drug-likeness (QED) is 0.889. The Hall–Kier alpha value is -2.45. The van der Waals surface area contributed by atoms with Gasteiger partial charge in [0.15, 0.2) is 0 Å². The van der Waals surface area contributed by atoms with Crippen LogP contribution in [0.3, 0.4) is 0 Å². The maximum Gasteiger partial charge on any atom is 0.244 e. The third-order valence-electron chi connectivity index (χ3n) is 3.76. The van der Waals surface area contributed by atoms with Crippen LogP contribution >= 0.6 is 11.6 Å². The van der Waals surface area contributed by atoms with E-state index in [-0.39, 0.29) is 17.7 Å². The highest BCUT2D eigenvalue weighted by Gasteiger charge is 2.36. The minimum Gasteiger partial charge on any atom is -0.420 e. The number of allylic oxidation sites excluding steroid dienone is 1. The fraction of sp³-hybridized carbons (Fsp3) is 0.250. The van der Waals surface area contributed by atoms with E-state index in [1.807, 2.05) is 32.0 Å². The van der Waals surface area contributed by atoms with E-state index >= 15 is 0 Å². The van der Waals surface area contributed by atoms with Crippen molar-refractivity contribution in [2.24, 2.45) is 5.73 Å². The number of nitriles is 1. The third-order valence-corrected chi connectivity index (χ3v) is 4.11. The summed E-state index contributed by atoms with van der Waals surface area (Å²) in [5.41, 5.74) is 8.82. The number of hydrogen-bond acceptors (Lipinski definition) is 4. The first-order valence-electron chi connectivity index (χ1n) is 6.94. The lowest BCUT2D eigenvalue weighted by atomic mass is 9.82. The van der Waals surface area contributed by atoms with Crippen LogP contribution in [0.5, 0.6) is 5.88 Å². The molecule has 1 aromatic carbocycles. The molecule has 0 saturated heterocycles. The van der Waals surface area contributed by atoms with Crippen molar-refractivity contribution in [3.8, 4) is 11.9 Å². The van der Waals surface area contributed by atoms with Crippen molar-refractivity contribution in [1.82, 2.24) is 10.2 Å². The van der Waals surface area contributed by atoms with Crippen molar-refractivity contribution < 1.29 is 4.74 Å². The Kier molecular flexibility index (Phi) is 3.55. The van der Waals surface area contributed by atoms with Gasteiger partial charge in [0.05, 0.1) is 11.5 Å². The topological polar surface area (TPSA) is 87.7 Å². The Balaban J connectivity index is 2.29. The smallest absolute Gasteiger partial charge is 0.244 e. The highest BCUT2D eigenvalue weighted by Crippen LogP contribution is 2.45. The summed E-state index contributed by atoms with van der Waals surface area (Å²) < 4.78 is 5.51. The number of aromatic amines is 1. The number of rotatable bonds is 2. The number of ether oxygens (including phenoxy) is 1. The number of benzene rings is 1. The molecule has 1 aliphatic rings. The summed E-state index contributed by atoms with van der Waals surface area (Å²) in [6, 6.07) is 9.58. The minimum absolute atomic E-state index is 0.0710. The number of hydrogen-bond donors (Lipinski definition) is 2. The van der Waals surface area contributed by atoms with Gasteiger partial charge in [-0.1, -0.05) is 43.6 Å². The number of aromatic nitrogens is 2. The van der Waals surface area contributed by atoms with E-state index in [0.29, 0.717) is 16.5 Å². The van der Waals surface area contributed by atoms with E-state index in [0.717, 1.165) is 16.8 Å². The number of fused-ring (bicyclic) bond motifs is 1. The van der Waals surface area contributed by atoms with Crippen molar-refractivity contribution in [3.63, 3.8) is 0 Å². The summed E-state index contributed by atoms with van der Waals surface area (Å²) in [5, 5.41) is 17.3. The van der Waals surface area contributed by atoms with Crippen LogP contribution in [-0.2, 0) is 0 Å². The number of nitrogens with two attached hydrogens (primary N) is 1. The van der Waals surface area contributed by atoms with Crippen LogP contribution in [0.4, 0.5) is 0 Å². The second kappa shape index (κ2) is 5.39. The molecular formula is C16H15ClN4O. The zero-order chi connectivity index (χ0) is 15.9. The molecule has 2 heterocycles. The van der Waals surface area contributed by atoms with E-state index < -0.39 is 0 Å². The number of nitrogens with zero attached hydrogens (tertiary/aromatic N) is 2. The molecule has 3 N–H and O–H groups in total. The molecule has 5 nitrogen and oxygen atoms in total. The van der Waals surface area contributed by atoms with Crippen LogP contribution in [-0.4, -0.2) is 10.2 Å². The van der Waals surface area contributed by atoms with Crippen LogP contribution in [0.15, 0.2) is 35.7 Å². The Morgan fingerprint density at radius 1 is 1.41 bits per heavy atom. The molecule has 1 atom stereocenters. The van der Waals surface area contributed by atoms with Crippen LogP contribution in [0.2, 0.25) is 5.02 Å². The first-order chi connectivity index (χ1) is 10.5. The second-order valence-electron chi connectivity index (χ2n) is 5.46. The molecule has 112 valence electrons. The first kappa shape index (κ1) is 14.5. The molecule has 0 amide bonds. The molecular weight excluding hydrogens is 300 g/mol. The first-order valence-corrected chi connectivity index (χ1v) is 7.32. The van der Waals surface area contributed by atoms with Crippen molar-refractivity contribution in [1.29, 1.82) is 5.26 Å². The number of halogens is 1. The van der Waals surface area contributed by atoms with Crippen molar-refractivity contribution in [2.75, 3.05) is 0 Å². The van der Waals surface area contributed by atoms with Crippen LogP contribution in [0, 0.1) is 11.3 Å². The standard InChI is InChI=1S/C16H15ClN4O/c1-8(2)14-13-12(9-5-3-4-6-11(9)17)10(7-18)15(19)22-16(13)21-20-14/h3-6,8,12H,19H2,1-2H3,(H,20,21). The van der Waals surface area contributed by atoms with Gasteiger partial charge in [-0.15, -0.1) is 5.10 Å². The summed E-state index contributed by atoms with van der Waals surface area (Å²) >= 11 is 6.35. The van der Waals surface area contributed by atoms with E-state index in [2.05, 4.69) is 16.3 Å². The van der Waals surface area contributed by atoms with Gasteiger partial charge in [-0.2, -0.15) is 5.26 Å². The molecule has 0 aliphatic carbocycles. The fourth-order valence-corrected chi connectivity index (χ4v) is 2.97. The van der Waals surface area contributed by atoms with Crippen LogP contribution in [0.1, 0.15) is 42.5 Å². The molecule has 3 rings (SSSR count).